The second-order valence-corrected chi connectivity index (χ2v) is 6.24. The Labute approximate surface area is 118 Å². The summed E-state index contributed by atoms with van der Waals surface area (Å²) in [6.45, 7) is 3.47. The molecule has 1 heterocycles. The first-order chi connectivity index (χ1) is 9.40. The van der Waals surface area contributed by atoms with Gasteiger partial charge in [-0.25, -0.2) is 4.98 Å². The van der Waals surface area contributed by atoms with Crippen molar-refractivity contribution in [3.05, 3.63) is 18.7 Å². The van der Waals surface area contributed by atoms with Crippen LogP contribution >= 0.6 is 0 Å². The number of aromatic nitrogens is 2. The van der Waals surface area contributed by atoms with Gasteiger partial charge in [0.1, 0.15) is 0 Å². The molecule has 0 amide bonds. The molecule has 1 aliphatic carbocycles. The van der Waals surface area contributed by atoms with Gasteiger partial charge in [0.25, 0.3) is 0 Å². The molecule has 108 valence electrons. The molecule has 1 fully saturated rings. The highest BCUT2D eigenvalue weighted by Crippen LogP contribution is 2.35. The highest BCUT2D eigenvalue weighted by molar-refractivity contribution is 4.76. The first-order valence-electron chi connectivity index (χ1n) is 8.36. The molecule has 1 saturated carbocycles. The molecule has 0 spiro atoms. The fourth-order valence-electron chi connectivity index (χ4n) is 3.64. The zero-order valence-corrected chi connectivity index (χ0v) is 12.6. The van der Waals surface area contributed by atoms with Crippen LogP contribution in [0.2, 0.25) is 0 Å². The monoisotopic (exact) mass is 262 g/mol. The van der Waals surface area contributed by atoms with Gasteiger partial charge in [-0.3, -0.25) is 0 Å². The summed E-state index contributed by atoms with van der Waals surface area (Å²) in [7, 11) is 0. The van der Waals surface area contributed by atoms with Gasteiger partial charge in [-0.15, -0.1) is 0 Å². The third-order valence-corrected chi connectivity index (χ3v) is 4.80. The molecule has 1 atom stereocenters. The largest absolute Gasteiger partial charge is 0.337 e. The normalized spacial score (nSPS) is 18.6. The van der Waals surface area contributed by atoms with Crippen molar-refractivity contribution >= 4 is 0 Å². The minimum Gasteiger partial charge on any atom is -0.337 e. The molecule has 1 aromatic rings. The third kappa shape index (κ3) is 5.00. The van der Waals surface area contributed by atoms with Crippen LogP contribution in [-0.2, 0) is 6.54 Å². The van der Waals surface area contributed by atoms with Gasteiger partial charge in [0.2, 0.25) is 0 Å². The second-order valence-electron chi connectivity index (χ2n) is 6.24. The maximum Gasteiger partial charge on any atom is 0.0945 e. The molecule has 0 aromatic carbocycles. The Morgan fingerprint density at radius 2 is 1.95 bits per heavy atom. The van der Waals surface area contributed by atoms with Gasteiger partial charge in [0.05, 0.1) is 6.33 Å². The van der Waals surface area contributed by atoms with Crippen molar-refractivity contribution in [1.82, 2.24) is 9.55 Å². The summed E-state index contributed by atoms with van der Waals surface area (Å²) in [4.78, 5) is 4.12. The van der Waals surface area contributed by atoms with Gasteiger partial charge >= 0.3 is 0 Å². The summed E-state index contributed by atoms with van der Waals surface area (Å²) in [6, 6.07) is 0. The van der Waals surface area contributed by atoms with E-state index in [0.717, 1.165) is 18.4 Å². The van der Waals surface area contributed by atoms with Crippen LogP contribution in [-0.4, -0.2) is 9.55 Å². The van der Waals surface area contributed by atoms with Gasteiger partial charge in [-0.2, -0.15) is 0 Å². The van der Waals surface area contributed by atoms with Crippen molar-refractivity contribution in [3.63, 3.8) is 0 Å². The number of rotatable bonds is 8. The summed E-state index contributed by atoms with van der Waals surface area (Å²) in [5, 5.41) is 0. The van der Waals surface area contributed by atoms with Gasteiger partial charge in [0.15, 0.2) is 0 Å². The zero-order valence-electron chi connectivity index (χ0n) is 12.6. The summed E-state index contributed by atoms with van der Waals surface area (Å²) in [6.07, 6.45) is 20.3. The van der Waals surface area contributed by atoms with E-state index in [0.29, 0.717) is 0 Å². The number of hydrogen-bond donors (Lipinski definition) is 0. The first-order valence-corrected chi connectivity index (χ1v) is 8.36. The van der Waals surface area contributed by atoms with Crippen LogP contribution in [0.25, 0.3) is 0 Å². The number of imidazole rings is 1. The fourth-order valence-corrected chi connectivity index (χ4v) is 3.64. The van der Waals surface area contributed by atoms with Crippen LogP contribution in [0.3, 0.4) is 0 Å². The van der Waals surface area contributed by atoms with E-state index >= 15 is 0 Å². The van der Waals surface area contributed by atoms with Gasteiger partial charge in [0, 0.05) is 18.9 Å². The molecule has 1 unspecified atom stereocenters. The molecule has 0 aliphatic heterocycles. The molecule has 2 heteroatoms. The van der Waals surface area contributed by atoms with Crippen molar-refractivity contribution in [3.8, 4) is 0 Å². The van der Waals surface area contributed by atoms with E-state index in [-0.39, 0.29) is 0 Å². The Bertz CT molecular complexity index is 312. The Morgan fingerprint density at radius 1 is 1.16 bits per heavy atom. The lowest BCUT2D eigenvalue weighted by atomic mass is 9.76. The van der Waals surface area contributed by atoms with Gasteiger partial charge in [-0.1, -0.05) is 58.3 Å². The highest BCUT2D eigenvalue weighted by atomic mass is 15.0. The number of aryl methyl sites for hydroxylation is 1. The van der Waals surface area contributed by atoms with Crippen molar-refractivity contribution in [1.29, 1.82) is 0 Å². The summed E-state index contributed by atoms with van der Waals surface area (Å²) >= 11 is 0. The smallest absolute Gasteiger partial charge is 0.0945 e. The fraction of sp³-hybridized carbons (Fsp3) is 0.824. The molecule has 1 aromatic heterocycles. The van der Waals surface area contributed by atoms with Crippen molar-refractivity contribution < 1.29 is 0 Å². The molecular weight excluding hydrogens is 232 g/mol. The molecule has 2 rings (SSSR count). The van der Waals surface area contributed by atoms with Crippen molar-refractivity contribution in [2.45, 2.75) is 77.7 Å². The molecule has 0 bridgehead atoms. The van der Waals surface area contributed by atoms with Crippen LogP contribution in [0.4, 0.5) is 0 Å². The molecule has 19 heavy (non-hydrogen) atoms. The maximum atomic E-state index is 4.12. The standard InChI is InChI=1S/C17H30N2/c1-2-3-8-16(17-9-5-4-6-10-17)11-7-13-19-14-12-18-15-19/h12,14-17H,2-11,13H2,1H3. The predicted octanol–water partition coefficient (Wildman–Crippen LogP) is 5.05. The van der Waals surface area contributed by atoms with E-state index in [9.17, 15) is 0 Å². The quantitative estimate of drug-likeness (QED) is 0.641. The first kappa shape index (κ1) is 14.6. The van der Waals surface area contributed by atoms with Gasteiger partial charge < -0.3 is 4.57 Å². The summed E-state index contributed by atoms with van der Waals surface area (Å²) < 4.78 is 2.22. The number of unbranched alkanes of at least 4 members (excludes halogenated alkanes) is 1. The molecule has 2 nitrogen and oxygen atoms in total. The lowest BCUT2D eigenvalue weighted by molar-refractivity contribution is 0.215. The summed E-state index contributed by atoms with van der Waals surface area (Å²) in [5.74, 6) is 2.02. The molecule has 1 aliphatic rings. The van der Waals surface area contributed by atoms with Crippen LogP contribution < -0.4 is 0 Å². The van der Waals surface area contributed by atoms with Crippen LogP contribution in [0.5, 0.6) is 0 Å². The van der Waals surface area contributed by atoms with E-state index in [4.69, 9.17) is 0 Å². The number of hydrogen-bond acceptors (Lipinski definition) is 1. The third-order valence-electron chi connectivity index (χ3n) is 4.80. The van der Waals surface area contributed by atoms with E-state index in [2.05, 4.69) is 22.7 Å². The zero-order chi connectivity index (χ0) is 13.3. The van der Waals surface area contributed by atoms with E-state index in [1.54, 1.807) is 0 Å². The highest BCUT2D eigenvalue weighted by Gasteiger charge is 2.22. The Morgan fingerprint density at radius 3 is 2.63 bits per heavy atom. The van der Waals surface area contributed by atoms with Crippen LogP contribution in [0.1, 0.15) is 71.1 Å². The lowest BCUT2D eigenvalue weighted by Crippen LogP contribution is -2.18. The maximum absolute atomic E-state index is 4.12. The van der Waals surface area contributed by atoms with Crippen LogP contribution in [0, 0.1) is 11.8 Å². The van der Waals surface area contributed by atoms with E-state index < -0.39 is 0 Å². The molecule has 0 radical (unpaired) electrons. The van der Waals surface area contributed by atoms with Gasteiger partial charge in [-0.05, 0) is 24.7 Å². The predicted molar refractivity (Wildman–Crippen MR) is 81.1 cm³/mol. The van der Waals surface area contributed by atoms with Crippen molar-refractivity contribution in [2.24, 2.45) is 11.8 Å². The van der Waals surface area contributed by atoms with Crippen molar-refractivity contribution in [2.75, 3.05) is 0 Å². The van der Waals surface area contributed by atoms with E-state index in [1.165, 1.54) is 64.2 Å². The Hall–Kier alpha value is -0.790. The minimum atomic E-state index is 0.990. The Balaban J connectivity index is 1.75. The molecule has 0 saturated heterocycles. The molecule has 0 N–H and O–H groups in total. The Kier molecular flexibility index (Phi) is 6.46. The lowest BCUT2D eigenvalue weighted by Gasteiger charge is -2.30. The average molecular weight is 262 g/mol. The second kappa shape index (κ2) is 8.39. The minimum absolute atomic E-state index is 0.990. The van der Waals surface area contributed by atoms with Crippen LogP contribution in [0.15, 0.2) is 18.7 Å². The summed E-state index contributed by atoms with van der Waals surface area (Å²) in [5.41, 5.74) is 0. The molecular formula is C17H30N2. The average Bonchev–Trinajstić information content (AvgIpc) is 2.97. The SMILES string of the molecule is CCCCC(CCCn1ccnc1)C1CCCCC1. The number of nitrogens with zero attached hydrogens (tertiary/aromatic N) is 2. The van der Waals surface area contributed by atoms with E-state index in [1.807, 2.05) is 12.5 Å². The topological polar surface area (TPSA) is 17.8 Å².